The molecule has 24 heavy (non-hydrogen) atoms. The summed E-state index contributed by atoms with van der Waals surface area (Å²) in [6.45, 7) is 1.74. The predicted octanol–water partition coefficient (Wildman–Crippen LogP) is 3.76. The van der Waals surface area contributed by atoms with Gasteiger partial charge in [-0.05, 0) is 30.7 Å². The van der Waals surface area contributed by atoms with Gasteiger partial charge in [-0.25, -0.2) is 8.78 Å². The van der Waals surface area contributed by atoms with Crippen LogP contribution in [0.5, 0.6) is 5.75 Å². The van der Waals surface area contributed by atoms with Crippen LogP contribution in [0, 0.1) is 23.0 Å². The molecule has 0 saturated heterocycles. The quantitative estimate of drug-likeness (QED) is 0.862. The Bertz CT molecular complexity index is 843. The summed E-state index contributed by atoms with van der Waals surface area (Å²) >= 11 is 0. The van der Waals surface area contributed by atoms with Crippen molar-refractivity contribution < 1.29 is 18.3 Å². The molecule has 0 radical (unpaired) electrons. The number of methoxy groups -OCH3 is 1. The fraction of sp³-hybridized carbons (Fsp3) is 0.222. The molecule has 1 aliphatic heterocycles. The maximum absolute atomic E-state index is 14.1. The van der Waals surface area contributed by atoms with Crippen LogP contribution in [0.15, 0.2) is 36.4 Å². The second-order valence-corrected chi connectivity index (χ2v) is 5.54. The second kappa shape index (κ2) is 5.93. The van der Waals surface area contributed by atoms with Gasteiger partial charge >= 0.3 is 0 Å². The average molecular weight is 328 g/mol. The van der Waals surface area contributed by atoms with Gasteiger partial charge in [-0.3, -0.25) is 4.79 Å². The molecule has 3 rings (SSSR count). The van der Waals surface area contributed by atoms with E-state index in [2.05, 4.69) is 0 Å². The van der Waals surface area contributed by atoms with E-state index in [1.807, 2.05) is 6.07 Å². The molecule has 2 aromatic rings. The standard InChI is InChI=1S/C18H14F2N2O2/c1-10(11-3-5-13(24-2)6-4-11)22-16(9-21)17-14(18(22)23)7-12(19)8-15(17)20/h3-8,10,16H,1-2H3. The minimum Gasteiger partial charge on any atom is -0.497 e. The van der Waals surface area contributed by atoms with Crippen molar-refractivity contribution in [3.8, 4) is 11.8 Å². The smallest absolute Gasteiger partial charge is 0.256 e. The van der Waals surface area contributed by atoms with Gasteiger partial charge in [0.05, 0.1) is 24.8 Å². The number of rotatable bonds is 3. The van der Waals surface area contributed by atoms with Gasteiger partial charge in [0.15, 0.2) is 0 Å². The Labute approximate surface area is 137 Å². The summed E-state index contributed by atoms with van der Waals surface area (Å²) in [5.41, 5.74) is 0.599. The number of nitrogens with zero attached hydrogens (tertiary/aromatic N) is 2. The average Bonchev–Trinajstić information content (AvgIpc) is 2.86. The van der Waals surface area contributed by atoms with E-state index in [4.69, 9.17) is 4.74 Å². The highest BCUT2D eigenvalue weighted by molar-refractivity contribution is 6.00. The molecule has 0 aromatic heterocycles. The lowest BCUT2D eigenvalue weighted by Crippen LogP contribution is -2.30. The molecule has 2 atom stereocenters. The van der Waals surface area contributed by atoms with Crippen LogP contribution in [0.2, 0.25) is 0 Å². The highest BCUT2D eigenvalue weighted by Gasteiger charge is 2.42. The van der Waals surface area contributed by atoms with E-state index in [1.165, 1.54) is 4.90 Å². The van der Waals surface area contributed by atoms with Crippen LogP contribution < -0.4 is 4.74 Å². The molecule has 4 nitrogen and oxygen atoms in total. The lowest BCUT2D eigenvalue weighted by atomic mass is 10.0. The molecule has 0 spiro atoms. The van der Waals surface area contributed by atoms with Crippen LogP contribution >= 0.6 is 0 Å². The van der Waals surface area contributed by atoms with Crippen molar-refractivity contribution in [1.29, 1.82) is 5.26 Å². The molecule has 6 heteroatoms. The van der Waals surface area contributed by atoms with Crippen molar-refractivity contribution in [3.05, 3.63) is 64.7 Å². The molecule has 122 valence electrons. The Balaban J connectivity index is 2.03. The zero-order valence-electron chi connectivity index (χ0n) is 13.1. The number of halogens is 2. The van der Waals surface area contributed by atoms with Crippen molar-refractivity contribution in [2.75, 3.05) is 7.11 Å². The third-order valence-electron chi connectivity index (χ3n) is 4.25. The minimum atomic E-state index is -1.09. The maximum Gasteiger partial charge on any atom is 0.256 e. The third-order valence-corrected chi connectivity index (χ3v) is 4.25. The van der Waals surface area contributed by atoms with Crippen LogP contribution in [0.4, 0.5) is 8.78 Å². The predicted molar refractivity (Wildman–Crippen MR) is 82.3 cm³/mol. The molecule has 1 amide bonds. The third kappa shape index (κ3) is 2.38. The zero-order chi connectivity index (χ0) is 17.4. The summed E-state index contributed by atoms with van der Waals surface area (Å²) in [6, 6.07) is 9.06. The van der Waals surface area contributed by atoms with Gasteiger partial charge in [0.25, 0.3) is 5.91 Å². The summed E-state index contributed by atoms with van der Waals surface area (Å²) in [7, 11) is 1.54. The molecule has 1 aliphatic rings. The molecular formula is C18H14F2N2O2. The topological polar surface area (TPSA) is 53.3 Å². The van der Waals surface area contributed by atoms with Crippen LogP contribution in [0.25, 0.3) is 0 Å². The number of hydrogen-bond donors (Lipinski definition) is 0. The zero-order valence-corrected chi connectivity index (χ0v) is 13.1. The van der Waals surface area contributed by atoms with Gasteiger partial charge in [0, 0.05) is 11.6 Å². The van der Waals surface area contributed by atoms with Crippen molar-refractivity contribution >= 4 is 5.91 Å². The Morgan fingerprint density at radius 1 is 1.25 bits per heavy atom. The lowest BCUT2D eigenvalue weighted by molar-refractivity contribution is 0.0686. The van der Waals surface area contributed by atoms with Crippen LogP contribution in [-0.4, -0.2) is 17.9 Å². The summed E-state index contributed by atoms with van der Waals surface area (Å²) in [6.07, 6.45) is 0. The molecule has 1 heterocycles. The van der Waals surface area contributed by atoms with Gasteiger partial charge in [-0.15, -0.1) is 0 Å². The second-order valence-electron chi connectivity index (χ2n) is 5.54. The molecule has 0 bridgehead atoms. The van der Waals surface area contributed by atoms with Crippen LogP contribution in [0.1, 0.15) is 40.5 Å². The fourth-order valence-electron chi connectivity index (χ4n) is 3.00. The minimum absolute atomic E-state index is 0.0655. The largest absolute Gasteiger partial charge is 0.497 e. The number of carbonyl (C=O) groups excluding carboxylic acids is 1. The van der Waals surface area contributed by atoms with Crippen LogP contribution in [0.3, 0.4) is 0 Å². The summed E-state index contributed by atoms with van der Waals surface area (Å²) < 4.78 is 32.7. The SMILES string of the molecule is COc1ccc(C(C)N2C(=O)c3cc(F)cc(F)c3C2C#N)cc1. The summed E-state index contributed by atoms with van der Waals surface area (Å²) in [5, 5.41) is 9.45. The van der Waals surface area contributed by atoms with Crippen LogP contribution in [-0.2, 0) is 0 Å². The summed E-state index contributed by atoms with van der Waals surface area (Å²) in [5.74, 6) is -1.62. The Hall–Kier alpha value is -2.94. The van der Waals surface area contributed by atoms with Gasteiger partial charge in [-0.2, -0.15) is 5.26 Å². The molecule has 0 aliphatic carbocycles. The first kappa shape index (κ1) is 15.9. The molecule has 0 saturated carbocycles. The Kier molecular flexibility index (Phi) is 3.94. The van der Waals surface area contributed by atoms with E-state index < -0.39 is 29.6 Å². The number of amides is 1. The van der Waals surface area contributed by atoms with E-state index in [0.717, 1.165) is 11.6 Å². The number of hydrogen-bond acceptors (Lipinski definition) is 3. The van der Waals surface area contributed by atoms with E-state index in [0.29, 0.717) is 11.8 Å². The normalized spacial score (nSPS) is 17.4. The Morgan fingerprint density at radius 3 is 2.50 bits per heavy atom. The first-order valence-electron chi connectivity index (χ1n) is 7.33. The monoisotopic (exact) mass is 328 g/mol. The number of nitriles is 1. The molecule has 0 fully saturated rings. The van der Waals surface area contributed by atoms with Crippen molar-refractivity contribution in [3.63, 3.8) is 0 Å². The number of benzene rings is 2. The fourth-order valence-corrected chi connectivity index (χ4v) is 3.00. The van der Waals surface area contributed by atoms with Crippen molar-refractivity contribution in [2.24, 2.45) is 0 Å². The highest BCUT2D eigenvalue weighted by Crippen LogP contribution is 2.41. The van der Waals surface area contributed by atoms with Gasteiger partial charge in [-0.1, -0.05) is 12.1 Å². The number of ether oxygens (including phenoxy) is 1. The van der Waals surface area contributed by atoms with E-state index in [-0.39, 0.29) is 11.1 Å². The van der Waals surface area contributed by atoms with E-state index >= 15 is 0 Å². The highest BCUT2D eigenvalue weighted by atomic mass is 19.1. The molecule has 0 N–H and O–H groups in total. The lowest BCUT2D eigenvalue weighted by Gasteiger charge is -2.28. The molecule has 2 unspecified atom stereocenters. The molecule has 2 aromatic carbocycles. The number of fused-ring (bicyclic) bond motifs is 1. The maximum atomic E-state index is 14.1. The van der Waals surface area contributed by atoms with Gasteiger partial charge < -0.3 is 9.64 Å². The first-order valence-corrected chi connectivity index (χ1v) is 7.33. The van der Waals surface area contributed by atoms with Crippen molar-refractivity contribution in [1.82, 2.24) is 4.90 Å². The van der Waals surface area contributed by atoms with Gasteiger partial charge in [0.2, 0.25) is 0 Å². The van der Waals surface area contributed by atoms with E-state index in [9.17, 15) is 18.8 Å². The first-order chi connectivity index (χ1) is 11.5. The van der Waals surface area contributed by atoms with Gasteiger partial charge in [0.1, 0.15) is 23.4 Å². The van der Waals surface area contributed by atoms with E-state index in [1.54, 1.807) is 38.3 Å². The molecular weight excluding hydrogens is 314 g/mol. The Morgan fingerprint density at radius 2 is 1.92 bits per heavy atom. The summed E-state index contributed by atoms with van der Waals surface area (Å²) in [4.78, 5) is 13.9. The number of carbonyl (C=O) groups is 1. The van der Waals surface area contributed by atoms with Crippen molar-refractivity contribution in [2.45, 2.75) is 19.0 Å².